The fourth-order valence-corrected chi connectivity index (χ4v) is 0.650. The lowest BCUT2D eigenvalue weighted by Crippen LogP contribution is -2.45. The molecule has 0 aromatic heterocycles. The van der Waals surface area contributed by atoms with Crippen LogP contribution in [0.5, 0.6) is 0 Å². The molecular weight excluding hydrogens is 303 g/mol. The minimum Gasteiger partial charge on any atom is -0.428 e. The molecule has 0 aromatic rings. The quantitative estimate of drug-likeness (QED) is 0.591. The molecule has 0 saturated heterocycles. The molecule has 0 unspecified atom stereocenters. The number of rotatable bonds is 4. The molecule has 0 radical (unpaired) electrons. The monoisotopic (exact) mass is 308 g/mol. The molecule has 0 aromatic carbocycles. The highest BCUT2D eigenvalue weighted by atomic mass is 19.4. The van der Waals surface area contributed by atoms with E-state index in [2.05, 4.69) is 9.47 Å². The van der Waals surface area contributed by atoms with Gasteiger partial charge in [0, 0.05) is 0 Å². The van der Waals surface area contributed by atoms with Gasteiger partial charge in [-0.25, -0.2) is 9.18 Å². The third kappa shape index (κ3) is 6.96. The van der Waals surface area contributed by atoms with Crippen molar-refractivity contribution in [3.63, 3.8) is 0 Å². The normalized spacial score (nSPS) is 15.0. The molecule has 12 heteroatoms. The average Bonchev–Trinajstić information content (AvgIpc) is 2.20. The predicted octanol–water partition coefficient (Wildman–Crippen LogP) is 3.24. The maximum Gasteiger partial charge on any atom is 0.508 e. The first-order valence-corrected chi connectivity index (χ1v) is 4.20. The van der Waals surface area contributed by atoms with Crippen molar-refractivity contribution in [3.8, 4) is 0 Å². The topological polar surface area (TPSA) is 35.5 Å². The van der Waals surface area contributed by atoms with Gasteiger partial charge in [0.1, 0.15) is 0 Å². The molecule has 0 aliphatic heterocycles. The van der Waals surface area contributed by atoms with E-state index < -0.39 is 43.8 Å². The van der Waals surface area contributed by atoms with Crippen molar-refractivity contribution in [3.05, 3.63) is 0 Å². The zero-order valence-electron chi connectivity index (χ0n) is 8.62. The number of ether oxygens (including phenoxy) is 2. The van der Waals surface area contributed by atoms with E-state index in [1.807, 2.05) is 0 Å². The Morgan fingerprint density at radius 1 is 0.895 bits per heavy atom. The maximum absolute atomic E-state index is 12.5. The van der Waals surface area contributed by atoms with Crippen molar-refractivity contribution in [2.45, 2.75) is 24.4 Å². The predicted molar refractivity (Wildman–Crippen MR) is 39.3 cm³/mol. The van der Waals surface area contributed by atoms with Crippen LogP contribution in [-0.4, -0.2) is 43.8 Å². The highest BCUT2D eigenvalue weighted by molar-refractivity contribution is 5.59. The summed E-state index contributed by atoms with van der Waals surface area (Å²) >= 11 is 0. The second kappa shape index (κ2) is 5.74. The Hall–Kier alpha value is -1.36. The molecular formula is C7H5F9O3. The molecule has 0 amide bonds. The van der Waals surface area contributed by atoms with Crippen LogP contribution in [-0.2, 0) is 9.47 Å². The van der Waals surface area contributed by atoms with E-state index in [9.17, 15) is 44.3 Å². The Labute approximate surface area is 98.8 Å². The van der Waals surface area contributed by atoms with E-state index in [1.54, 1.807) is 0 Å². The van der Waals surface area contributed by atoms with Gasteiger partial charge in [0.15, 0.2) is 13.2 Å². The van der Waals surface area contributed by atoms with Crippen LogP contribution < -0.4 is 0 Å². The number of carbonyl (C=O) groups excluding carboxylic acids is 1. The Morgan fingerprint density at radius 2 is 1.32 bits per heavy atom. The van der Waals surface area contributed by atoms with Crippen LogP contribution in [0.1, 0.15) is 0 Å². The minimum atomic E-state index is -5.91. The number of hydrogen-bond donors (Lipinski definition) is 0. The van der Waals surface area contributed by atoms with Gasteiger partial charge in [0.2, 0.25) is 0 Å². The van der Waals surface area contributed by atoms with Crippen molar-refractivity contribution in [2.24, 2.45) is 0 Å². The largest absolute Gasteiger partial charge is 0.508 e. The van der Waals surface area contributed by atoms with Gasteiger partial charge < -0.3 is 9.47 Å². The molecule has 114 valence electrons. The summed E-state index contributed by atoms with van der Waals surface area (Å²) in [6.07, 6.45) is -17.8. The maximum atomic E-state index is 12.5. The SMILES string of the molecule is O=C(OCC(F)(F)F)OCC(F)(F)[C@@H](F)C(F)(F)F. The highest BCUT2D eigenvalue weighted by Crippen LogP contribution is 2.35. The third-order valence-corrected chi connectivity index (χ3v) is 1.39. The first-order chi connectivity index (χ1) is 8.26. The lowest BCUT2D eigenvalue weighted by Gasteiger charge is -2.22. The van der Waals surface area contributed by atoms with E-state index in [-0.39, 0.29) is 0 Å². The summed E-state index contributed by atoms with van der Waals surface area (Å²) in [6.45, 7) is -4.60. The average molecular weight is 308 g/mol. The Balaban J connectivity index is 4.28. The van der Waals surface area contributed by atoms with E-state index >= 15 is 0 Å². The fourth-order valence-electron chi connectivity index (χ4n) is 0.650. The first-order valence-electron chi connectivity index (χ1n) is 4.20. The molecule has 0 aliphatic rings. The summed E-state index contributed by atoms with van der Waals surface area (Å²) < 4.78 is 113. The fraction of sp³-hybridized carbons (Fsp3) is 0.857. The van der Waals surface area contributed by atoms with Crippen LogP contribution >= 0.6 is 0 Å². The zero-order valence-corrected chi connectivity index (χ0v) is 8.62. The summed E-state index contributed by atoms with van der Waals surface area (Å²) in [6, 6.07) is 0. The number of hydrogen-bond acceptors (Lipinski definition) is 3. The van der Waals surface area contributed by atoms with Gasteiger partial charge in [-0.05, 0) is 0 Å². The van der Waals surface area contributed by atoms with Gasteiger partial charge in [-0.15, -0.1) is 0 Å². The van der Waals surface area contributed by atoms with Crippen LogP contribution in [0.4, 0.5) is 44.3 Å². The molecule has 0 N–H and O–H groups in total. The van der Waals surface area contributed by atoms with E-state index in [0.717, 1.165) is 0 Å². The number of carbonyl (C=O) groups is 1. The van der Waals surface area contributed by atoms with Crippen molar-refractivity contribution >= 4 is 6.16 Å². The Morgan fingerprint density at radius 3 is 1.68 bits per heavy atom. The van der Waals surface area contributed by atoms with Gasteiger partial charge in [-0.1, -0.05) is 0 Å². The Kier molecular flexibility index (Phi) is 5.32. The third-order valence-electron chi connectivity index (χ3n) is 1.39. The lowest BCUT2D eigenvalue weighted by molar-refractivity contribution is -0.253. The molecule has 0 saturated carbocycles. The zero-order chi connectivity index (χ0) is 15.5. The number of halogens is 9. The highest BCUT2D eigenvalue weighted by Gasteiger charge is 2.57. The summed E-state index contributed by atoms with van der Waals surface area (Å²) in [5.74, 6) is -5.14. The summed E-state index contributed by atoms with van der Waals surface area (Å²) in [5.41, 5.74) is 0. The van der Waals surface area contributed by atoms with Gasteiger partial charge in [-0.3, -0.25) is 0 Å². The van der Waals surface area contributed by atoms with E-state index in [4.69, 9.17) is 0 Å². The molecule has 19 heavy (non-hydrogen) atoms. The van der Waals surface area contributed by atoms with E-state index in [0.29, 0.717) is 0 Å². The summed E-state index contributed by atoms with van der Waals surface area (Å²) in [5, 5.41) is 0. The van der Waals surface area contributed by atoms with E-state index in [1.165, 1.54) is 0 Å². The van der Waals surface area contributed by atoms with Gasteiger partial charge in [0.25, 0.3) is 6.17 Å². The molecule has 0 spiro atoms. The van der Waals surface area contributed by atoms with Crippen molar-refractivity contribution in [1.82, 2.24) is 0 Å². The molecule has 0 heterocycles. The van der Waals surface area contributed by atoms with Crippen molar-refractivity contribution in [2.75, 3.05) is 13.2 Å². The molecule has 0 rings (SSSR count). The van der Waals surface area contributed by atoms with Crippen LogP contribution in [0.15, 0.2) is 0 Å². The van der Waals surface area contributed by atoms with Crippen LogP contribution in [0.3, 0.4) is 0 Å². The molecule has 1 atom stereocenters. The first kappa shape index (κ1) is 17.6. The smallest absolute Gasteiger partial charge is 0.428 e. The molecule has 0 aliphatic carbocycles. The van der Waals surface area contributed by atoms with Crippen molar-refractivity contribution < 1.29 is 53.8 Å². The van der Waals surface area contributed by atoms with Crippen LogP contribution in [0, 0.1) is 0 Å². The van der Waals surface area contributed by atoms with Gasteiger partial charge >= 0.3 is 24.4 Å². The standard InChI is InChI=1S/C7H5F9O3/c8-3(7(14,15)16)5(9,10)1-18-4(17)19-2-6(11,12)13/h3H,1-2H2/t3-/m1/s1. The van der Waals surface area contributed by atoms with Crippen molar-refractivity contribution in [1.29, 1.82) is 0 Å². The Bertz CT molecular complexity index is 308. The molecule has 0 bridgehead atoms. The minimum absolute atomic E-state index is 2.18. The van der Waals surface area contributed by atoms with Gasteiger partial charge in [0.05, 0.1) is 0 Å². The molecule has 3 nitrogen and oxygen atoms in total. The second-order valence-corrected chi connectivity index (χ2v) is 3.11. The second-order valence-electron chi connectivity index (χ2n) is 3.11. The number of alkyl halides is 9. The molecule has 0 fully saturated rings. The van der Waals surface area contributed by atoms with Crippen LogP contribution in [0.25, 0.3) is 0 Å². The van der Waals surface area contributed by atoms with Crippen LogP contribution in [0.2, 0.25) is 0 Å². The van der Waals surface area contributed by atoms with Gasteiger partial charge in [-0.2, -0.15) is 35.1 Å². The summed E-state index contributed by atoms with van der Waals surface area (Å²) in [4.78, 5) is 10.3. The summed E-state index contributed by atoms with van der Waals surface area (Å²) in [7, 11) is 0. The lowest BCUT2D eigenvalue weighted by atomic mass is 10.2.